The molecule has 1 fully saturated rings. The molecule has 2 amide bonds. The largest absolute Gasteiger partial charge is 0.481 e. The lowest BCUT2D eigenvalue weighted by Crippen LogP contribution is -2.29. The van der Waals surface area contributed by atoms with Crippen LogP contribution in [-0.4, -0.2) is 30.5 Å². The summed E-state index contributed by atoms with van der Waals surface area (Å²) in [5, 5.41) is 3.33. The van der Waals surface area contributed by atoms with Crippen LogP contribution in [-0.2, 0) is 11.3 Å². The van der Waals surface area contributed by atoms with Crippen molar-refractivity contribution in [1.82, 2.24) is 10.3 Å². The van der Waals surface area contributed by atoms with Crippen molar-refractivity contribution in [2.75, 3.05) is 18.6 Å². The first-order valence-electron chi connectivity index (χ1n) is 7.96. The van der Waals surface area contributed by atoms with E-state index in [0.717, 1.165) is 12.0 Å². The third kappa shape index (κ3) is 3.74. The predicted octanol–water partition coefficient (Wildman–Crippen LogP) is 2.80. The number of carbonyl (C=O) groups excluding carboxylic acids is 2. The molecule has 0 atom stereocenters. The fourth-order valence-corrected chi connectivity index (χ4v) is 3.00. The van der Waals surface area contributed by atoms with Crippen LogP contribution >= 0.6 is 11.6 Å². The molecule has 0 aliphatic carbocycles. The number of amides is 2. The van der Waals surface area contributed by atoms with Crippen molar-refractivity contribution in [1.29, 1.82) is 0 Å². The molecule has 2 aromatic rings. The van der Waals surface area contributed by atoms with E-state index in [1.165, 1.54) is 7.11 Å². The Hall–Kier alpha value is -2.60. The van der Waals surface area contributed by atoms with Crippen molar-refractivity contribution in [2.24, 2.45) is 0 Å². The SMILES string of the molecule is COc1ncccc1CNC(=O)c1ccc(Cl)cc1N1CCCC1=O. The van der Waals surface area contributed by atoms with Gasteiger partial charge in [0.25, 0.3) is 5.91 Å². The zero-order chi connectivity index (χ0) is 17.8. The molecule has 1 aliphatic heterocycles. The number of anilines is 1. The number of rotatable bonds is 5. The average Bonchev–Trinajstić information content (AvgIpc) is 3.05. The summed E-state index contributed by atoms with van der Waals surface area (Å²) in [6.45, 7) is 0.863. The minimum Gasteiger partial charge on any atom is -0.481 e. The van der Waals surface area contributed by atoms with Crippen LogP contribution in [0, 0.1) is 0 Å². The third-order valence-corrected chi connectivity index (χ3v) is 4.29. The summed E-state index contributed by atoms with van der Waals surface area (Å²) >= 11 is 6.07. The molecule has 2 heterocycles. The summed E-state index contributed by atoms with van der Waals surface area (Å²) in [5.41, 5.74) is 1.74. The highest BCUT2D eigenvalue weighted by Crippen LogP contribution is 2.28. The van der Waals surface area contributed by atoms with Gasteiger partial charge < -0.3 is 15.0 Å². The maximum absolute atomic E-state index is 12.7. The number of hydrogen-bond acceptors (Lipinski definition) is 4. The summed E-state index contributed by atoms with van der Waals surface area (Å²) in [5.74, 6) is 0.191. The average molecular weight is 360 g/mol. The molecule has 0 bridgehead atoms. The number of benzene rings is 1. The standard InChI is InChI=1S/C18H18ClN3O3/c1-25-18-12(4-2-8-20-18)11-21-17(24)14-7-6-13(19)10-15(14)22-9-3-5-16(22)23/h2,4,6-8,10H,3,5,9,11H2,1H3,(H,21,24). The molecule has 0 unspecified atom stereocenters. The van der Waals surface area contributed by atoms with Crippen molar-refractivity contribution in [3.63, 3.8) is 0 Å². The molecular formula is C18H18ClN3O3. The van der Waals surface area contributed by atoms with Gasteiger partial charge in [0, 0.05) is 36.3 Å². The minimum atomic E-state index is -0.280. The van der Waals surface area contributed by atoms with E-state index in [1.807, 2.05) is 6.07 Å². The highest BCUT2D eigenvalue weighted by Gasteiger charge is 2.26. The summed E-state index contributed by atoms with van der Waals surface area (Å²) in [7, 11) is 1.53. The van der Waals surface area contributed by atoms with E-state index in [0.29, 0.717) is 35.1 Å². The van der Waals surface area contributed by atoms with Gasteiger partial charge >= 0.3 is 0 Å². The van der Waals surface area contributed by atoms with Crippen molar-refractivity contribution >= 4 is 29.1 Å². The Labute approximate surface area is 150 Å². The van der Waals surface area contributed by atoms with Crippen LogP contribution in [0.25, 0.3) is 0 Å². The predicted molar refractivity (Wildman–Crippen MR) is 95.0 cm³/mol. The van der Waals surface area contributed by atoms with Gasteiger partial charge in [0.2, 0.25) is 11.8 Å². The molecule has 7 heteroatoms. The summed E-state index contributed by atoms with van der Waals surface area (Å²) in [4.78, 5) is 30.4. The zero-order valence-electron chi connectivity index (χ0n) is 13.8. The molecular weight excluding hydrogens is 342 g/mol. The molecule has 25 heavy (non-hydrogen) atoms. The van der Waals surface area contributed by atoms with Crippen LogP contribution in [0.2, 0.25) is 5.02 Å². The van der Waals surface area contributed by atoms with Crippen molar-refractivity contribution in [2.45, 2.75) is 19.4 Å². The number of nitrogens with zero attached hydrogens (tertiary/aromatic N) is 2. The second kappa shape index (κ2) is 7.53. The van der Waals surface area contributed by atoms with Crippen LogP contribution in [0.3, 0.4) is 0 Å². The molecule has 0 radical (unpaired) electrons. The van der Waals surface area contributed by atoms with Crippen molar-refractivity contribution < 1.29 is 14.3 Å². The fourth-order valence-electron chi connectivity index (χ4n) is 2.84. The van der Waals surface area contributed by atoms with E-state index in [2.05, 4.69) is 10.3 Å². The number of nitrogens with one attached hydrogen (secondary N) is 1. The van der Waals surface area contributed by atoms with Crippen LogP contribution in [0.15, 0.2) is 36.5 Å². The van der Waals surface area contributed by atoms with E-state index in [1.54, 1.807) is 35.4 Å². The highest BCUT2D eigenvalue weighted by molar-refractivity contribution is 6.31. The fraction of sp³-hybridized carbons (Fsp3) is 0.278. The van der Waals surface area contributed by atoms with Gasteiger partial charge in [-0.3, -0.25) is 9.59 Å². The molecule has 1 aromatic carbocycles. The molecule has 6 nitrogen and oxygen atoms in total. The Morgan fingerprint density at radius 2 is 2.24 bits per heavy atom. The first-order valence-corrected chi connectivity index (χ1v) is 8.34. The Balaban J connectivity index is 1.81. The van der Waals surface area contributed by atoms with E-state index >= 15 is 0 Å². The molecule has 1 aromatic heterocycles. The lowest BCUT2D eigenvalue weighted by Gasteiger charge is -2.20. The highest BCUT2D eigenvalue weighted by atomic mass is 35.5. The molecule has 0 saturated carbocycles. The van der Waals surface area contributed by atoms with E-state index < -0.39 is 0 Å². The molecule has 1 aliphatic rings. The monoisotopic (exact) mass is 359 g/mol. The molecule has 1 N–H and O–H groups in total. The van der Waals surface area contributed by atoms with E-state index in [-0.39, 0.29) is 18.4 Å². The van der Waals surface area contributed by atoms with Crippen molar-refractivity contribution in [3.8, 4) is 5.88 Å². The first-order chi connectivity index (χ1) is 12.1. The molecule has 130 valence electrons. The lowest BCUT2D eigenvalue weighted by atomic mass is 10.1. The van der Waals surface area contributed by atoms with Gasteiger partial charge in [-0.15, -0.1) is 0 Å². The number of aromatic nitrogens is 1. The Bertz CT molecular complexity index is 810. The number of ether oxygens (including phenoxy) is 1. The van der Waals surface area contributed by atoms with Gasteiger partial charge in [0.05, 0.1) is 18.4 Å². The van der Waals surface area contributed by atoms with E-state index in [9.17, 15) is 9.59 Å². The molecule has 1 saturated heterocycles. The zero-order valence-corrected chi connectivity index (χ0v) is 14.5. The smallest absolute Gasteiger partial charge is 0.253 e. The number of carbonyl (C=O) groups is 2. The molecule has 0 spiro atoms. The first kappa shape index (κ1) is 17.2. The summed E-state index contributed by atoms with van der Waals surface area (Å²) < 4.78 is 5.19. The summed E-state index contributed by atoms with van der Waals surface area (Å²) in [6, 6.07) is 8.55. The third-order valence-electron chi connectivity index (χ3n) is 4.05. The van der Waals surface area contributed by atoms with Gasteiger partial charge in [-0.2, -0.15) is 0 Å². The van der Waals surface area contributed by atoms with Gasteiger partial charge in [-0.25, -0.2) is 4.98 Å². The Kier molecular flexibility index (Phi) is 5.19. The van der Waals surface area contributed by atoms with Crippen molar-refractivity contribution in [3.05, 3.63) is 52.7 Å². The summed E-state index contributed by atoms with van der Waals surface area (Å²) in [6.07, 6.45) is 2.89. The van der Waals surface area contributed by atoms with Crippen LogP contribution < -0.4 is 15.0 Å². The van der Waals surface area contributed by atoms with Crippen LogP contribution in [0.1, 0.15) is 28.8 Å². The topological polar surface area (TPSA) is 71.5 Å². The second-order valence-electron chi connectivity index (χ2n) is 5.66. The number of pyridine rings is 1. The number of methoxy groups -OCH3 is 1. The lowest BCUT2D eigenvalue weighted by molar-refractivity contribution is -0.117. The maximum atomic E-state index is 12.7. The Morgan fingerprint density at radius 3 is 2.96 bits per heavy atom. The van der Waals surface area contributed by atoms with Gasteiger partial charge in [0.15, 0.2) is 0 Å². The van der Waals surface area contributed by atoms with Crippen LogP contribution in [0.5, 0.6) is 5.88 Å². The molecule has 3 rings (SSSR count). The quantitative estimate of drug-likeness (QED) is 0.891. The van der Waals surface area contributed by atoms with Crippen LogP contribution in [0.4, 0.5) is 5.69 Å². The van der Waals surface area contributed by atoms with E-state index in [4.69, 9.17) is 16.3 Å². The second-order valence-corrected chi connectivity index (χ2v) is 6.10. The van der Waals surface area contributed by atoms with Gasteiger partial charge in [-0.05, 0) is 30.7 Å². The minimum absolute atomic E-state index is 0.00486. The normalized spacial score (nSPS) is 13.8. The maximum Gasteiger partial charge on any atom is 0.253 e. The Morgan fingerprint density at radius 1 is 1.40 bits per heavy atom. The number of hydrogen-bond donors (Lipinski definition) is 1. The van der Waals surface area contributed by atoms with Gasteiger partial charge in [0.1, 0.15) is 0 Å². The van der Waals surface area contributed by atoms with Gasteiger partial charge in [-0.1, -0.05) is 17.7 Å². The number of halogens is 1.